The molecule has 0 amide bonds. The van der Waals surface area contributed by atoms with E-state index >= 15 is 0 Å². The van der Waals surface area contributed by atoms with E-state index in [1.807, 2.05) is 19.1 Å². The molecule has 0 spiro atoms. The molecule has 3 rings (SSSR count). The lowest BCUT2D eigenvalue weighted by Crippen LogP contribution is -2.02. The quantitative estimate of drug-likeness (QED) is 0.763. The van der Waals surface area contributed by atoms with Gasteiger partial charge in [-0.1, -0.05) is 12.1 Å². The molecule has 0 aliphatic carbocycles. The second-order valence-electron chi connectivity index (χ2n) is 5.01. The summed E-state index contributed by atoms with van der Waals surface area (Å²) in [6.07, 6.45) is 0. The van der Waals surface area contributed by atoms with Crippen LogP contribution in [0.1, 0.15) is 11.1 Å². The topological polar surface area (TPSA) is 45.2 Å². The van der Waals surface area contributed by atoms with Gasteiger partial charge in [0, 0.05) is 18.0 Å². The van der Waals surface area contributed by atoms with E-state index in [0.29, 0.717) is 6.54 Å². The number of hydrogen-bond donors (Lipinski definition) is 2. The molecule has 0 bridgehead atoms. The summed E-state index contributed by atoms with van der Waals surface area (Å²) in [4.78, 5) is 4.48. The molecule has 2 aromatic carbocycles. The van der Waals surface area contributed by atoms with E-state index in [0.717, 1.165) is 27.8 Å². The lowest BCUT2D eigenvalue weighted by atomic mass is 10.1. The fourth-order valence-electron chi connectivity index (χ4n) is 2.28. The Labute approximate surface area is 122 Å². The molecule has 1 aromatic heterocycles. The second-order valence-corrected chi connectivity index (χ2v) is 5.01. The number of pyridine rings is 1. The van der Waals surface area contributed by atoms with Crippen LogP contribution >= 0.6 is 0 Å². The highest BCUT2D eigenvalue weighted by atomic mass is 19.1. The molecule has 106 valence electrons. The summed E-state index contributed by atoms with van der Waals surface area (Å²) in [5, 5.41) is 13.8. The number of nitrogens with zero attached hydrogens (tertiary/aromatic N) is 1. The molecule has 2 N–H and O–H groups in total. The monoisotopic (exact) mass is 282 g/mol. The van der Waals surface area contributed by atoms with E-state index in [4.69, 9.17) is 0 Å². The molecular formula is C17H15FN2O. The van der Waals surface area contributed by atoms with Gasteiger partial charge in [-0.2, -0.15) is 0 Å². The third kappa shape index (κ3) is 2.94. The molecule has 4 heteroatoms. The highest BCUT2D eigenvalue weighted by Crippen LogP contribution is 2.24. The zero-order valence-corrected chi connectivity index (χ0v) is 11.6. The summed E-state index contributed by atoms with van der Waals surface area (Å²) in [7, 11) is 0. The largest absolute Gasteiger partial charge is 0.508 e. The highest BCUT2D eigenvalue weighted by molar-refractivity contribution is 5.85. The molecule has 0 radical (unpaired) electrons. The van der Waals surface area contributed by atoms with Crippen LogP contribution in [0.2, 0.25) is 0 Å². The molecule has 21 heavy (non-hydrogen) atoms. The lowest BCUT2D eigenvalue weighted by molar-refractivity contribution is 0.476. The SMILES string of the molecule is Cc1cc(NCc2ccc(F)cc2)nc2cc(O)ccc12. The van der Waals surface area contributed by atoms with Crippen molar-refractivity contribution in [2.24, 2.45) is 0 Å². The average molecular weight is 282 g/mol. The van der Waals surface area contributed by atoms with Crippen LogP contribution in [0.25, 0.3) is 10.9 Å². The number of rotatable bonds is 3. The van der Waals surface area contributed by atoms with Gasteiger partial charge in [0.15, 0.2) is 0 Å². The summed E-state index contributed by atoms with van der Waals surface area (Å²) < 4.78 is 12.9. The first-order chi connectivity index (χ1) is 10.1. The highest BCUT2D eigenvalue weighted by Gasteiger charge is 2.04. The fraction of sp³-hybridized carbons (Fsp3) is 0.118. The van der Waals surface area contributed by atoms with E-state index in [1.54, 1.807) is 24.3 Å². The number of anilines is 1. The van der Waals surface area contributed by atoms with Crippen molar-refractivity contribution < 1.29 is 9.50 Å². The van der Waals surface area contributed by atoms with Crippen molar-refractivity contribution in [2.75, 3.05) is 5.32 Å². The Balaban J connectivity index is 1.85. The Kier molecular flexibility index (Phi) is 3.44. The molecule has 1 heterocycles. The molecule has 0 unspecified atom stereocenters. The van der Waals surface area contributed by atoms with Crippen LogP contribution in [0.3, 0.4) is 0 Å². The van der Waals surface area contributed by atoms with E-state index in [9.17, 15) is 9.50 Å². The third-order valence-corrected chi connectivity index (χ3v) is 3.39. The van der Waals surface area contributed by atoms with Gasteiger partial charge in [0.05, 0.1) is 5.52 Å². The molecule has 0 aliphatic heterocycles. The van der Waals surface area contributed by atoms with Crippen molar-refractivity contribution in [1.82, 2.24) is 4.98 Å². The number of phenolic OH excluding ortho intramolecular Hbond substituents is 1. The number of benzene rings is 2. The zero-order chi connectivity index (χ0) is 14.8. The Morgan fingerprint density at radius 2 is 1.86 bits per heavy atom. The van der Waals surface area contributed by atoms with Crippen LogP contribution in [0.15, 0.2) is 48.5 Å². The van der Waals surface area contributed by atoms with Crippen molar-refractivity contribution in [2.45, 2.75) is 13.5 Å². The number of fused-ring (bicyclic) bond motifs is 1. The van der Waals surface area contributed by atoms with Crippen LogP contribution in [0, 0.1) is 12.7 Å². The number of halogens is 1. The number of nitrogens with one attached hydrogen (secondary N) is 1. The summed E-state index contributed by atoms with van der Waals surface area (Å²) >= 11 is 0. The van der Waals surface area contributed by atoms with E-state index in [2.05, 4.69) is 10.3 Å². The van der Waals surface area contributed by atoms with Crippen molar-refractivity contribution in [3.63, 3.8) is 0 Å². The van der Waals surface area contributed by atoms with Crippen LogP contribution in [0.5, 0.6) is 5.75 Å². The van der Waals surface area contributed by atoms with Gasteiger partial charge < -0.3 is 10.4 Å². The summed E-state index contributed by atoms with van der Waals surface area (Å²) in [5.74, 6) is 0.689. The Bertz CT molecular complexity index is 785. The average Bonchev–Trinajstić information content (AvgIpc) is 2.46. The zero-order valence-electron chi connectivity index (χ0n) is 11.6. The number of aryl methyl sites for hydroxylation is 1. The fourth-order valence-corrected chi connectivity index (χ4v) is 2.28. The van der Waals surface area contributed by atoms with Gasteiger partial charge in [0.25, 0.3) is 0 Å². The minimum absolute atomic E-state index is 0.199. The molecule has 3 aromatic rings. The molecule has 0 saturated heterocycles. The number of phenols is 1. The third-order valence-electron chi connectivity index (χ3n) is 3.39. The Hall–Kier alpha value is -2.62. The number of aromatic hydroxyl groups is 1. The normalized spacial score (nSPS) is 10.8. The lowest BCUT2D eigenvalue weighted by Gasteiger charge is -2.09. The van der Waals surface area contributed by atoms with Gasteiger partial charge >= 0.3 is 0 Å². The van der Waals surface area contributed by atoms with Crippen LogP contribution < -0.4 is 5.32 Å². The van der Waals surface area contributed by atoms with Crippen molar-refractivity contribution in [3.8, 4) is 5.75 Å². The molecule has 0 saturated carbocycles. The minimum Gasteiger partial charge on any atom is -0.508 e. The van der Waals surface area contributed by atoms with Gasteiger partial charge in [0.2, 0.25) is 0 Å². The predicted molar refractivity (Wildman–Crippen MR) is 81.9 cm³/mol. The standard InChI is InChI=1S/C17H15FN2O/c1-11-8-17(19-10-12-2-4-13(18)5-3-12)20-16-9-14(21)6-7-15(11)16/h2-9,21H,10H2,1H3,(H,19,20). The van der Waals surface area contributed by atoms with E-state index < -0.39 is 0 Å². The van der Waals surface area contributed by atoms with Gasteiger partial charge in [-0.3, -0.25) is 0 Å². The molecule has 3 nitrogen and oxygen atoms in total. The Morgan fingerprint density at radius 1 is 1.10 bits per heavy atom. The van der Waals surface area contributed by atoms with E-state index in [-0.39, 0.29) is 11.6 Å². The summed E-state index contributed by atoms with van der Waals surface area (Å²) in [6, 6.07) is 13.5. The number of hydrogen-bond acceptors (Lipinski definition) is 3. The first-order valence-electron chi connectivity index (χ1n) is 6.70. The molecule has 0 fully saturated rings. The summed E-state index contributed by atoms with van der Waals surface area (Å²) in [6.45, 7) is 2.57. The van der Waals surface area contributed by atoms with Gasteiger partial charge in [0.1, 0.15) is 17.4 Å². The van der Waals surface area contributed by atoms with Gasteiger partial charge in [-0.05, 0) is 48.4 Å². The molecule has 0 aliphatic rings. The van der Waals surface area contributed by atoms with E-state index in [1.165, 1.54) is 12.1 Å². The molecule has 0 atom stereocenters. The first-order valence-corrected chi connectivity index (χ1v) is 6.70. The van der Waals surface area contributed by atoms with Crippen LogP contribution in [-0.2, 0) is 6.54 Å². The maximum Gasteiger partial charge on any atom is 0.127 e. The Morgan fingerprint density at radius 3 is 2.62 bits per heavy atom. The maximum atomic E-state index is 12.9. The van der Waals surface area contributed by atoms with Crippen LogP contribution in [0.4, 0.5) is 10.2 Å². The van der Waals surface area contributed by atoms with Crippen molar-refractivity contribution in [1.29, 1.82) is 0 Å². The maximum absolute atomic E-state index is 12.9. The number of aromatic nitrogens is 1. The first kappa shape index (κ1) is 13.4. The van der Waals surface area contributed by atoms with Crippen molar-refractivity contribution in [3.05, 3.63) is 65.5 Å². The van der Waals surface area contributed by atoms with Crippen LogP contribution in [-0.4, -0.2) is 10.1 Å². The molecular weight excluding hydrogens is 267 g/mol. The van der Waals surface area contributed by atoms with Crippen molar-refractivity contribution >= 4 is 16.7 Å². The summed E-state index contributed by atoms with van der Waals surface area (Å²) in [5.41, 5.74) is 2.81. The van der Waals surface area contributed by atoms with Gasteiger partial charge in [-0.15, -0.1) is 0 Å². The second kappa shape index (κ2) is 5.40. The minimum atomic E-state index is -0.242. The predicted octanol–water partition coefficient (Wildman–Crippen LogP) is 4.00. The van der Waals surface area contributed by atoms with Gasteiger partial charge in [-0.25, -0.2) is 9.37 Å². The smallest absolute Gasteiger partial charge is 0.127 e.